The van der Waals surface area contributed by atoms with Crippen molar-refractivity contribution >= 4 is 11.8 Å². The number of nitrogens with two attached hydrogens (primary N) is 1. The molecule has 2 amide bonds. The van der Waals surface area contributed by atoms with E-state index >= 15 is 0 Å². The third kappa shape index (κ3) is 4.03. The Bertz CT molecular complexity index is 584. The highest BCUT2D eigenvalue weighted by atomic mass is 19.4. The van der Waals surface area contributed by atoms with Crippen LogP contribution in [0.2, 0.25) is 0 Å². The van der Waals surface area contributed by atoms with Crippen molar-refractivity contribution in [2.45, 2.75) is 38.4 Å². The maximum atomic E-state index is 12.5. The second kappa shape index (κ2) is 6.60. The van der Waals surface area contributed by atoms with Crippen molar-refractivity contribution < 1.29 is 22.8 Å². The van der Waals surface area contributed by atoms with Crippen molar-refractivity contribution in [3.63, 3.8) is 0 Å². The van der Waals surface area contributed by atoms with E-state index in [-0.39, 0.29) is 5.91 Å². The Balaban J connectivity index is 2.02. The zero-order valence-electron chi connectivity index (χ0n) is 12.8. The quantitative estimate of drug-likeness (QED) is 0.922. The fourth-order valence-corrected chi connectivity index (χ4v) is 2.88. The van der Waals surface area contributed by atoms with Crippen LogP contribution in [0.15, 0.2) is 24.3 Å². The number of hydrogen-bond acceptors (Lipinski definition) is 2. The minimum atomic E-state index is -4.37. The van der Waals surface area contributed by atoms with Gasteiger partial charge >= 0.3 is 6.18 Å². The molecule has 0 unspecified atom stereocenters. The highest BCUT2D eigenvalue weighted by Gasteiger charge is 2.35. The van der Waals surface area contributed by atoms with Crippen molar-refractivity contribution in [2.75, 3.05) is 6.54 Å². The van der Waals surface area contributed by atoms with E-state index in [1.54, 1.807) is 6.92 Å². The van der Waals surface area contributed by atoms with Gasteiger partial charge in [-0.15, -0.1) is 0 Å². The van der Waals surface area contributed by atoms with Crippen LogP contribution in [0.25, 0.3) is 0 Å². The second-order valence-corrected chi connectivity index (χ2v) is 5.89. The van der Waals surface area contributed by atoms with Crippen LogP contribution in [0.4, 0.5) is 13.2 Å². The summed E-state index contributed by atoms with van der Waals surface area (Å²) in [6, 6.07) is 4.20. The lowest BCUT2D eigenvalue weighted by atomic mass is 9.98. The van der Waals surface area contributed by atoms with Crippen LogP contribution in [0.5, 0.6) is 0 Å². The molecule has 7 heteroatoms. The third-order valence-electron chi connectivity index (χ3n) is 4.11. The Labute approximate surface area is 132 Å². The van der Waals surface area contributed by atoms with Gasteiger partial charge in [0.15, 0.2) is 0 Å². The van der Waals surface area contributed by atoms with E-state index in [0.717, 1.165) is 18.6 Å². The first kappa shape index (κ1) is 17.3. The number of benzene rings is 1. The number of alkyl halides is 3. The lowest BCUT2D eigenvalue weighted by Gasteiger charge is -2.25. The summed E-state index contributed by atoms with van der Waals surface area (Å²) in [6.07, 6.45) is -2.76. The van der Waals surface area contributed by atoms with E-state index in [4.69, 9.17) is 5.73 Å². The molecule has 1 aliphatic rings. The Kier molecular flexibility index (Phi) is 4.97. The van der Waals surface area contributed by atoms with Gasteiger partial charge in [-0.25, -0.2) is 0 Å². The molecule has 0 saturated carbocycles. The summed E-state index contributed by atoms with van der Waals surface area (Å²) in [5.41, 5.74) is 5.23. The Morgan fingerprint density at radius 2 is 1.91 bits per heavy atom. The summed E-state index contributed by atoms with van der Waals surface area (Å²) < 4.78 is 37.6. The number of amides is 2. The highest BCUT2D eigenvalue weighted by Crippen LogP contribution is 2.29. The first-order valence-electron chi connectivity index (χ1n) is 7.46. The largest absolute Gasteiger partial charge is 0.416 e. The first-order chi connectivity index (χ1) is 10.7. The normalized spacial score (nSPS) is 19.7. The SMILES string of the molecule is C[C@H](Cc1ccc(C(F)(F)F)cc1)C(=O)N1CCC[C@H]1C(N)=O. The predicted octanol–water partition coefficient (Wildman–Crippen LogP) is 2.36. The minimum Gasteiger partial charge on any atom is -0.368 e. The molecule has 1 fully saturated rings. The van der Waals surface area contributed by atoms with Gasteiger partial charge in [-0.3, -0.25) is 9.59 Å². The molecule has 1 aromatic rings. The molecule has 0 aromatic heterocycles. The third-order valence-corrected chi connectivity index (χ3v) is 4.11. The van der Waals surface area contributed by atoms with Crippen LogP contribution in [-0.2, 0) is 22.2 Å². The molecule has 0 aliphatic carbocycles. The van der Waals surface area contributed by atoms with Crippen LogP contribution in [0.1, 0.15) is 30.9 Å². The molecular weight excluding hydrogens is 309 g/mol. The summed E-state index contributed by atoms with van der Waals surface area (Å²) in [5.74, 6) is -1.13. The van der Waals surface area contributed by atoms with Gasteiger partial charge < -0.3 is 10.6 Å². The average molecular weight is 328 g/mol. The monoisotopic (exact) mass is 328 g/mol. The Morgan fingerprint density at radius 1 is 1.30 bits per heavy atom. The number of primary amides is 1. The van der Waals surface area contributed by atoms with Crippen molar-refractivity contribution in [3.05, 3.63) is 35.4 Å². The molecule has 1 heterocycles. The lowest BCUT2D eigenvalue weighted by molar-refractivity contribution is -0.140. The fourth-order valence-electron chi connectivity index (χ4n) is 2.88. The summed E-state index contributed by atoms with van der Waals surface area (Å²) >= 11 is 0. The number of nitrogens with zero attached hydrogens (tertiary/aromatic N) is 1. The van der Waals surface area contributed by atoms with E-state index in [1.807, 2.05) is 0 Å². The maximum Gasteiger partial charge on any atom is 0.416 e. The van der Waals surface area contributed by atoms with Gasteiger partial charge in [0.1, 0.15) is 6.04 Å². The zero-order valence-corrected chi connectivity index (χ0v) is 12.8. The number of halogens is 3. The first-order valence-corrected chi connectivity index (χ1v) is 7.46. The summed E-state index contributed by atoms with van der Waals surface area (Å²) in [7, 11) is 0. The molecule has 126 valence electrons. The number of hydrogen-bond donors (Lipinski definition) is 1. The second-order valence-electron chi connectivity index (χ2n) is 5.89. The van der Waals surface area contributed by atoms with Crippen molar-refractivity contribution in [1.82, 2.24) is 4.90 Å². The number of rotatable bonds is 4. The number of likely N-dealkylation sites (tertiary alicyclic amines) is 1. The maximum absolute atomic E-state index is 12.5. The topological polar surface area (TPSA) is 63.4 Å². The number of carbonyl (C=O) groups is 2. The molecule has 2 atom stereocenters. The molecule has 4 nitrogen and oxygen atoms in total. The van der Waals surface area contributed by atoms with E-state index in [9.17, 15) is 22.8 Å². The summed E-state index contributed by atoms with van der Waals surface area (Å²) in [6.45, 7) is 2.19. The molecule has 23 heavy (non-hydrogen) atoms. The molecule has 2 N–H and O–H groups in total. The van der Waals surface area contributed by atoms with Gasteiger partial charge in [0.05, 0.1) is 5.56 Å². The summed E-state index contributed by atoms with van der Waals surface area (Å²) in [5, 5.41) is 0. The summed E-state index contributed by atoms with van der Waals surface area (Å²) in [4.78, 5) is 25.3. The molecule has 1 aliphatic heterocycles. The Hall–Kier alpha value is -2.05. The van der Waals surface area contributed by atoms with Crippen LogP contribution in [0, 0.1) is 5.92 Å². The zero-order chi connectivity index (χ0) is 17.2. The Morgan fingerprint density at radius 3 is 2.43 bits per heavy atom. The molecular formula is C16H19F3N2O2. The minimum absolute atomic E-state index is 0.189. The fraction of sp³-hybridized carbons (Fsp3) is 0.500. The average Bonchev–Trinajstić information content (AvgIpc) is 2.95. The van der Waals surface area contributed by atoms with Crippen LogP contribution in [0.3, 0.4) is 0 Å². The molecule has 2 rings (SSSR count). The number of carbonyl (C=O) groups excluding carboxylic acids is 2. The van der Waals surface area contributed by atoms with Crippen LogP contribution >= 0.6 is 0 Å². The molecule has 1 aromatic carbocycles. The predicted molar refractivity (Wildman–Crippen MR) is 78.2 cm³/mol. The van der Waals surface area contributed by atoms with E-state index in [1.165, 1.54) is 17.0 Å². The van der Waals surface area contributed by atoms with Gasteiger partial charge in [-0.05, 0) is 37.0 Å². The van der Waals surface area contributed by atoms with Gasteiger partial charge in [0, 0.05) is 12.5 Å². The van der Waals surface area contributed by atoms with Crippen molar-refractivity contribution in [1.29, 1.82) is 0 Å². The van der Waals surface area contributed by atoms with Gasteiger partial charge in [-0.1, -0.05) is 19.1 Å². The molecule has 1 saturated heterocycles. The van der Waals surface area contributed by atoms with Gasteiger partial charge in [0.2, 0.25) is 11.8 Å². The van der Waals surface area contributed by atoms with Crippen molar-refractivity contribution in [2.24, 2.45) is 11.7 Å². The van der Waals surface area contributed by atoms with E-state index in [2.05, 4.69) is 0 Å². The van der Waals surface area contributed by atoms with Crippen LogP contribution < -0.4 is 5.73 Å². The van der Waals surface area contributed by atoms with Crippen molar-refractivity contribution in [3.8, 4) is 0 Å². The molecule has 0 spiro atoms. The van der Waals surface area contributed by atoms with E-state index < -0.39 is 29.6 Å². The van der Waals surface area contributed by atoms with Gasteiger partial charge in [-0.2, -0.15) is 13.2 Å². The van der Waals surface area contributed by atoms with Gasteiger partial charge in [0.25, 0.3) is 0 Å². The lowest BCUT2D eigenvalue weighted by Crippen LogP contribution is -2.46. The van der Waals surface area contributed by atoms with Crippen LogP contribution in [-0.4, -0.2) is 29.3 Å². The molecule has 0 bridgehead atoms. The highest BCUT2D eigenvalue weighted by molar-refractivity contribution is 5.88. The smallest absolute Gasteiger partial charge is 0.368 e. The van der Waals surface area contributed by atoms with E-state index in [0.29, 0.717) is 24.9 Å². The standard InChI is InChI=1S/C16H19F3N2O2/c1-10(15(23)21-8-2-3-13(21)14(20)22)9-11-4-6-12(7-5-11)16(17,18)19/h4-7,10,13H,2-3,8-9H2,1H3,(H2,20,22)/t10-,13+/m1/s1. The molecule has 0 radical (unpaired) electrons.